The summed E-state index contributed by atoms with van der Waals surface area (Å²) in [6.07, 6.45) is 0. The number of nitrogens with one attached hydrogen (secondary N) is 1. The number of aromatic nitrogens is 1. The summed E-state index contributed by atoms with van der Waals surface area (Å²) in [6, 6.07) is 9.64. The maximum absolute atomic E-state index is 12.2. The molecule has 1 N–H and O–H groups in total. The van der Waals surface area contributed by atoms with Gasteiger partial charge in [-0.2, -0.15) is 0 Å². The van der Waals surface area contributed by atoms with E-state index >= 15 is 0 Å². The first-order valence-electron chi connectivity index (χ1n) is 5.35. The first-order valence-corrected chi connectivity index (χ1v) is 5.35. The van der Waals surface area contributed by atoms with Crippen LogP contribution in [0.15, 0.2) is 30.3 Å². The quantitative estimate of drug-likeness (QED) is 0.763. The van der Waals surface area contributed by atoms with E-state index < -0.39 is 0 Å². The fourth-order valence-electron chi connectivity index (χ4n) is 1.81. The molecule has 0 aliphatic heterocycles. The van der Waals surface area contributed by atoms with E-state index in [1.807, 2.05) is 51.1 Å². The highest BCUT2D eigenvalue weighted by Crippen LogP contribution is 2.14. The Balaban J connectivity index is 2.39. The number of hydrogen-bond acceptors (Lipinski definition) is 1. The summed E-state index contributed by atoms with van der Waals surface area (Å²) >= 11 is 0. The molecule has 82 valence electrons. The number of H-pyrrole nitrogens is 1. The highest BCUT2D eigenvalue weighted by Gasteiger charge is 2.13. The Morgan fingerprint density at radius 3 is 2.19 bits per heavy atom. The molecule has 2 nitrogen and oxygen atoms in total. The van der Waals surface area contributed by atoms with Gasteiger partial charge in [-0.3, -0.25) is 4.79 Å². The van der Waals surface area contributed by atoms with Crippen LogP contribution in [-0.2, 0) is 0 Å². The average Bonchev–Trinajstić information content (AvgIpc) is 2.58. The van der Waals surface area contributed by atoms with E-state index in [2.05, 4.69) is 4.98 Å². The summed E-state index contributed by atoms with van der Waals surface area (Å²) in [5.74, 6) is 0.0607. The van der Waals surface area contributed by atoms with Crippen molar-refractivity contribution in [2.75, 3.05) is 0 Å². The molecule has 0 aliphatic rings. The molecule has 0 fully saturated rings. The minimum Gasteiger partial charge on any atom is -0.356 e. The Labute approximate surface area is 95.3 Å². The van der Waals surface area contributed by atoms with Crippen LogP contribution in [0, 0.1) is 20.8 Å². The van der Waals surface area contributed by atoms with Gasteiger partial charge in [0, 0.05) is 11.3 Å². The number of carbonyl (C=O) groups is 1. The Bertz CT molecular complexity index is 520. The number of ketones is 1. The second-order valence-corrected chi connectivity index (χ2v) is 4.21. The SMILES string of the molecule is Cc1ccc(C(=O)c2[nH]c(C)cc2C)cc1. The van der Waals surface area contributed by atoms with Gasteiger partial charge in [0.2, 0.25) is 5.78 Å². The van der Waals surface area contributed by atoms with Crippen molar-refractivity contribution in [1.29, 1.82) is 0 Å². The first kappa shape index (κ1) is 10.7. The molecular formula is C14H15NO. The van der Waals surface area contributed by atoms with Crippen molar-refractivity contribution in [3.8, 4) is 0 Å². The van der Waals surface area contributed by atoms with Crippen molar-refractivity contribution in [1.82, 2.24) is 4.98 Å². The third-order valence-electron chi connectivity index (χ3n) is 2.69. The molecule has 0 amide bonds. The molecule has 2 aromatic rings. The van der Waals surface area contributed by atoms with Gasteiger partial charge < -0.3 is 4.98 Å². The second kappa shape index (κ2) is 3.97. The third kappa shape index (κ3) is 1.91. The van der Waals surface area contributed by atoms with Crippen molar-refractivity contribution in [2.45, 2.75) is 20.8 Å². The molecule has 0 unspecified atom stereocenters. The highest BCUT2D eigenvalue weighted by atomic mass is 16.1. The average molecular weight is 213 g/mol. The number of aryl methyl sites for hydroxylation is 3. The number of hydrogen-bond donors (Lipinski definition) is 1. The van der Waals surface area contributed by atoms with Crippen LogP contribution in [0.4, 0.5) is 0 Å². The fraction of sp³-hybridized carbons (Fsp3) is 0.214. The Kier molecular flexibility index (Phi) is 2.65. The van der Waals surface area contributed by atoms with Gasteiger partial charge in [0.05, 0.1) is 5.69 Å². The molecule has 1 heterocycles. The van der Waals surface area contributed by atoms with Gasteiger partial charge >= 0.3 is 0 Å². The van der Waals surface area contributed by atoms with Crippen LogP contribution in [0.3, 0.4) is 0 Å². The molecule has 0 bridgehead atoms. The van der Waals surface area contributed by atoms with Crippen LogP contribution in [0.25, 0.3) is 0 Å². The standard InChI is InChI=1S/C14H15NO/c1-9-4-6-12(7-5-9)14(16)13-10(2)8-11(3)15-13/h4-8,15H,1-3H3. The number of benzene rings is 1. The van der Waals surface area contributed by atoms with Crippen molar-refractivity contribution < 1.29 is 4.79 Å². The summed E-state index contributed by atoms with van der Waals surface area (Å²) in [4.78, 5) is 15.3. The Morgan fingerprint density at radius 1 is 1.06 bits per heavy atom. The largest absolute Gasteiger partial charge is 0.356 e. The van der Waals surface area contributed by atoms with E-state index in [-0.39, 0.29) is 5.78 Å². The molecule has 0 spiro atoms. The van der Waals surface area contributed by atoms with Gasteiger partial charge in [0.15, 0.2) is 0 Å². The molecule has 0 aliphatic carbocycles. The van der Waals surface area contributed by atoms with E-state index in [1.165, 1.54) is 0 Å². The van der Waals surface area contributed by atoms with Crippen LogP contribution in [-0.4, -0.2) is 10.8 Å². The maximum atomic E-state index is 12.2. The fourth-order valence-corrected chi connectivity index (χ4v) is 1.81. The molecule has 16 heavy (non-hydrogen) atoms. The van der Waals surface area contributed by atoms with Crippen LogP contribution < -0.4 is 0 Å². The van der Waals surface area contributed by atoms with E-state index in [9.17, 15) is 4.79 Å². The van der Waals surface area contributed by atoms with Crippen LogP contribution >= 0.6 is 0 Å². The molecular weight excluding hydrogens is 198 g/mol. The van der Waals surface area contributed by atoms with E-state index in [4.69, 9.17) is 0 Å². The molecule has 0 radical (unpaired) electrons. The lowest BCUT2D eigenvalue weighted by Gasteiger charge is -2.01. The lowest BCUT2D eigenvalue weighted by Crippen LogP contribution is -2.03. The topological polar surface area (TPSA) is 32.9 Å². The van der Waals surface area contributed by atoms with Gasteiger partial charge in [0.1, 0.15) is 0 Å². The second-order valence-electron chi connectivity index (χ2n) is 4.21. The van der Waals surface area contributed by atoms with Crippen LogP contribution in [0.5, 0.6) is 0 Å². The molecule has 1 aromatic carbocycles. The lowest BCUT2D eigenvalue weighted by atomic mass is 10.0. The Morgan fingerprint density at radius 2 is 1.69 bits per heavy atom. The molecule has 2 rings (SSSR count). The normalized spacial score (nSPS) is 10.4. The van der Waals surface area contributed by atoms with Gasteiger partial charge in [-0.05, 0) is 32.4 Å². The molecule has 0 atom stereocenters. The third-order valence-corrected chi connectivity index (χ3v) is 2.69. The molecule has 1 aromatic heterocycles. The zero-order valence-electron chi connectivity index (χ0n) is 9.79. The molecule has 0 saturated carbocycles. The monoisotopic (exact) mass is 213 g/mol. The van der Waals surface area contributed by atoms with Crippen molar-refractivity contribution >= 4 is 5.78 Å². The lowest BCUT2D eigenvalue weighted by molar-refractivity contribution is 0.103. The van der Waals surface area contributed by atoms with Crippen LogP contribution in [0.1, 0.15) is 32.9 Å². The van der Waals surface area contributed by atoms with Crippen LogP contribution in [0.2, 0.25) is 0 Å². The zero-order valence-corrected chi connectivity index (χ0v) is 9.79. The van der Waals surface area contributed by atoms with Crippen molar-refractivity contribution in [2.24, 2.45) is 0 Å². The van der Waals surface area contributed by atoms with Crippen molar-refractivity contribution in [3.05, 3.63) is 58.4 Å². The minimum atomic E-state index is 0.0607. The van der Waals surface area contributed by atoms with Gasteiger partial charge in [-0.15, -0.1) is 0 Å². The summed E-state index contributed by atoms with van der Waals surface area (Å²) in [5, 5.41) is 0. The molecule has 0 saturated heterocycles. The van der Waals surface area contributed by atoms with Gasteiger partial charge in [-0.25, -0.2) is 0 Å². The summed E-state index contributed by atoms with van der Waals surface area (Å²) in [7, 11) is 0. The van der Waals surface area contributed by atoms with Crippen molar-refractivity contribution in [3.63, 3.8) is 0 Å². The zero-order chi connectivity index (χ0) is 11.7. The predicted octanol–water partition coefficient (Wildman–Crippen LogP) is 3.17. The highest BCUT2D eigenvalue weighted by molar-refractivity contribution is 6.08. The predicted molar refractivity (Wildman–Crippen MR) is 64.9 cm³/mol. The number of carbonyl (C=O) groups excluding carboxylic acids is 1. The summed E-state index contributed by atoms with van der Waals surface area (Å²) in [5.41, 5.74) is 4.61. The van der Waals surface area contributed by atoms with Gasteiger partial charge in [-0.1, -0.05) is 29.8 Å². The number of rotatable bonds is 2. The Hall–Kier alpha value is -1.83. The minimum absolute atomic E-state index is 0.0607. The van der Waals surface area contributed by atoms with E-state index in [0.29, 0.717) is 5.69 Å². The summed E-state index contributed by atoms with van der Waals surface area (Å²) < 4.78 is 0. The number of aromatic amines is 1. The molecule has 2 heteroatoms. The van der Waals surface area contributed by atoms with E-state index in [1.54, 1.807) is 0 Å². The smallest absolute Gasteiger partial charge is 0.209 e. The maximum Gasteiger partial charge on any atom is 0.209 e. The van der Waals surface area contributed by atoms with E-state index in [0.717, 1.165) is 22.4 Å². The summed E-state index contributed by atoms with van der Waals surface area (Å²) in [6.45, 7) is 5.92. The first-order chi connectivity index (χ1) is 7.58. The van der Waals surface area contributed by atoms with Gasteiger partial charge in [0.25, 0.3) is 0 Å².